The summed E-state index contributed by atoms with van der Waals surface area (Å²) in [6.07, 6.45) is 4.06. The molecule has 1 amide bonds. The van der Waals surface area contributed by atoms with Crippen molar-refractivity contribution in [1.29, 1.82) is 0 Å². The van der Waals surface area contributed by atoms with Crippen molar-refractivity contribution in [3.63, 3.8) is 0 Å². The van der Waals surface area contributed by atoms with Crippen LogP contribution in [0.2, 0.25) is 0 Å². The lowest BCUT2D eigenvalue weighted by Gasteiger charge is -2.53. The number of carbonyl (C=O) groups excluding carboxylic acids is 1. The number of likely N-dealkylation sites (tertiary alicyclic amines) is 1. The number of hydrogen-bond acceptors (Lipinski definition) is 5. The number of imidazole rings is 1. The first-order chi connectivity index (χ1) is 15.1. The molecular weight excluding hydrogens is 390 g/mol. The summed E-state index contributed by atoms with van der Waals surface area (Å²) < 4.78 is 7.24. The largest absolute Gasteiger partial charge is 0.492 e. The molecule has 2 aliphatic heterocycles. The van der Waals surface area contributed by atoms with Gasteiger partial charge < -0.3 is 19.9 Å². The van der Waals surface area contributed by atoms with Crippen molar-refractivity contribution in [2.45, 2.75) is 12.8 Å². The van der Waals surface area contributed by atoms with Crippen LogP contribution in [-0.2, 0) is 0 Å². The van der Waals surface area contributed by atoms with Crippen LogP contribution in [0.3, 0.4) is 0 Å². The lowest BCUT2D eigenvalue weighted by atomic mass is 9.72. The Morgan fingerprint density at radius 2 is 1.87 bits per heavy atom. The molecule has 7 nitrogen and oxygen atoms in total. The summed E-state index contributed by atoms with van der Waals surface area (Å²) in [5, 5.41) is 2.92. The Balaban J connectivity index is 1.22. The van der Waals surface area contributed by atoms with Crippen LogP contribution in [0.4, 0.5) is 10.5 Å². The van der Waals surface area contributed by atoms with E-state index in [9.17, 15) is 4.79 Å². The highest BCUT2D eigenvalue weighted by Crippen LogP contribution is 2.41. The van der Waals surface area contributed by atoms with Crippen molar-refractivity contribution >= 4 is 22.8 Å². The molecule has 2 aromatic carbocycles. The van der Waals surface area contributed by atoms with E-state index in [2.05, 4.69) is 33.2 Å². The standard InChI is InChI=1S/C24H29N5O2/c1-27-16-24(17-27)10-13-28(14-11-24)20-8-5-9-21-22(20)26-18-29(21)23(30)25-12-15-31-19-6-3-2-4-7-19/h2-9,18H,10-17H2,1H3,(H,25,30). The molecule has 2 aliphatic rings. The second-order valence-electron chi connectivity index (χ2n) is 8.81. The number of para-hydroxylation sites is 2. The van der Waals surface area contributed by atoms with E-state index < -0.39 is 0 Å². The van der Waals surface area contributed by atoms with Crippen LogP contribution in [0.5, 0.6) is 5.75 Å². The minimum atomic E-state index is -0.189. The molecule has 3 heterocycles. The van der Waals surface area contributed by atoms with E-state index in [4.69, 9.17) is 4.74 Å². The third-order valence-electron chi connectivity index (χ3n) is 6.54. The van der Waals surface area contributed by atoms with Gasteiger partial charge in [0.1, 0.15) is 24.2 Å². The third-order valence-corrected chi connectivity index (χ3v) is 6.54. The first-order valence-electron chi connectivity index (χ1n) is 11.0. The average molecular weight is 420 g/mol. The van der Waals surface area contributed by atoms with Gasteiger partial charge in [-0.25, -0.2) is 9.78 Å². The molecule has 0 aliphatic carbocycles. The molecule has 0 atom stereocenters. The molecule has 0 saturated carbocycles. The zero-order valence-electron chi connectivity index (χ0n) is 18.0. The van der Waals surface area contributed by atoms with Gasteiger partial charge in [0, 0.05) is 26.2 Å². The van der Waals surface area contributed by atoms with Crippen molar-refractivity contribution in [2.75, 3.05) is 51.3 Å². The summed E-state index contributed by atoms with van der Waals surface area (Å²) in [6, 6.07) is 15.5. The fraction of sp³-hybridized carbons (Fsp3) is 0.417. The number of benzene rings is 2. The lowest BCUT2D eigenvalue weighted by Crippen LogP contribution is -2.58. The van der Waals surface area contributed by atoms with Gasteiger partial charge in [0.25, 0.3) is 0 Å². The third kappa shape index (κ3) is 3.97. The molecule has 3 aromatic rings. The molecule has 2 fully saturated rings. The number of nitrogens with zero attached hydrogens (tertiary/aromatic N) is 4. The van der Waals surface area contributed by atoms with Crippen LogP contribution < -0.4 is 15.0 Å². The van der Waals surface area contributed by atoms with Crippen LogP contribution in [-0.4, -0.2) is 66.9 Å². The smallest absolute Gasteiger partial charge is 0.327 e. The number of nitrogens with one attached hydrogen (secondary N) is 1. The number of aromatic nitrogens is 2. The Labute approximate surface area is 182 Å². The molecule has 0 bridgehead atoms. The zero-order chi connectivity index (χ0) is 21.3. The number of amides is 1. The van der Waals surface area contributed by atoms with Gasteiger partial charge in [-0.05, 0) is 49.6 Å². The summed E-state index contributed by atoms with van der Waals surface area (Å²) in [5.74, 6) is 0.798. The van der Waals surface area contributed by atoms with Gasteiger partial charge in [0.05, 0.1) is 17.7 Å². The number of carbonyl (C=O) groups is 1. The summed E-state index contributed by atoms with van der Waals surface area (Å²) >= 11 is 0. The molecule has 162 valence electrons. The molecule has 7 heteroatoms. The molecule has 0 radical (unpaired) electrons. The first kappa shape index (κ1) is 19.9. The average Bonchev–Trinajstić information content (AvgIpc) is 3.21. The van der Waals surface area contributed by atoms with E-state index in [-0.39, 0.29) is 6.03 Å². The number of anilines is 1. The van der Waals surface area contributed by atoms with Crippen molar-refractivity contribution in [3.05, 3.63) is 54.9 Å². The zero-order valence-corrected chi connectivity index (χ0v) is 18.0. The Morgan fingerprint density at radius 1 is 1.10 bits per heavy atom. The number of ether oxygens (including phenoxy) is 1. The predicted molar refractivity (Wildman–Crippen MR) is 122 cm³/mol. The molecule has 1 N–H and O–H groups in total. The minimum Gasteiger partial charge on any atom is -0.492 e. The van der Waals surface area contributed by atoms with Gasteiger partial charge in [-0.2, -0.15) is 0 Å². The van der Waals surface area contributed by atoms with Gasteiger partial charge >= 0.3 is 6.03 Å². The van der Waals surface area contributed by atoms with Gasteiger partial charge in [0.15, 0.2) is 0 Å². The van der Waals surface area contributed by atoms with Crippen LogP contribution in [0.1, 0.15) is 12.8 Å². The van der Waals surface area contributed by atoms with Crippen LogP contribution in [0, 0.1) is 5.41 Å². The van der Waals surface area contributed by atoms with Gasteiger partial charge in [-0.3, -0.25) is 4.57 Å². The Morgan fingerprint density at radius 3 is 2.61 bits per heavy atom. The Bertz CT molecular complexity index is 1050. The number of fused-ring (bicyclic) bond motifs is 1. The quantitative estimate of drug-likeness (QED) is 0.644. The first-order valence-corrected chi connectivity index (χ1v) is 11.0. The van der Waals surface area contributed by atoms with Crippen molar-refractivity contribution < 1.29 is 9.53 Å². The van der Waals surface area contributed by atoms with Gasteiger partial charge in [-0.15, -0.1) is 0 Å². The van der Waals surface area contributed by atoms with Crippen molar-refractivity contribution in [1.82, 2.24) is 19.8 Å². The molecule has 1 aromatic heterocycles. The molecule has 31 heavy (non-hydrogen) atoms. The number of hydrogen-bond donors (Lipinski definition) is 1. The van der Waals surface area contributed by atoms with E-state index in [1.54, 1.807) is 10.9 Å². The lowest BCUT2D eigenvalue weighted by molar-refractivity contribution is 0.00135. The normalized spacial score (nSPS) is 18.2. The van der Waals surface area contributed by atoms with E-state index in [0.29, 0.717) is 18.6 Å². The molecular formula is C24H29N5O2. The topological polar surface area (TPSA) is 62.6 Å². The Kier molecular flexibility index (Phi) is 5.28. The van der Waals surface area contributed by atoms with Gasteiger partial charge in [-0.1, -0.05) is 24.3 Å². The molecule has 1 spiro atoms. The minimum absolute atomic E-state index is 0.189. The predicted octanol–water partition coefficient (Wildman–Crippen LogP) is 3.21. The Hall–Kier alpha value is -3.06. The molecule has 0 unspecified atom stereocenters. The second-order valence-corrected chi connectivity index (χ2v) is 8.81. The van der Waals surface area contributed by atoms with E-state index in [1.165, 1.54) is 25.9 Å². The highest BCUT2D eigenvalue weighted by molar-refractivity contribution is 5.95. The van der Waals surface area contributed by atoms with Crippen LogP contribution in [0.15, 0.2) is 54.9 Å². The van der Waals surface area contributed by atoms with Crippen LogP contribution in [0.25, 0.3) is 11.0 Å². The van der Waals surface area contributed by atoms with Crippen molar-refractivity contribution in [2.24, 2.45) is 5.41 Å². The van der Waals surface area contributed by atoms with Crippen molar-refractivity contribution in [3.8, 4) is 5.75 Å². The fourth-order valence-corrected chi connectivity index (χ4v) is 5.01. The highest BCUT2D eigenvalue weighted by Gasteiger charge is 2.43. The van der Waals surface area contributed by atoms with E-state index in [0.717, 1.165) is 35.6 Å². The summed E-state index contributed by atoms with van der Waals surface area (Å²) in [6.45, 7) is 5.36. The second kappa shape index (κ2) is 8.23. The number of rotatable bonds is 5. The maximum atomic E-state index is 12.7. The number of piperidine rings is 1. The van der Waals surface area contributed by atoms with Gasteiger partial charge in [0.2, 0.25) is 0 Å². The van der Waals surface area contributed by atoms with Crippen LogP contribution >= 0.6 is 0 Å². The summed E-state index contributed by atoms with van der Waals surface area (Å²) in [5.41, 5.74) is 3.36. The summed E-state index contributed by atoms with van der Waals surface area (Å²) in [4.78, 5) is 22.1. The highest BCUT2D eigenvalue weighted by atomic mass is 16.5. The fourth-order valence-electron chi connectivity index (χ4n) is 5.01. The maximum absolute atomic E-state index is 12.7. The molecule has 5 rings (SSSR count). The molecule has 2 saturated heterocycles. The van der Waals surface area contributed by atoms with E-state index >= 15 is 0 Å². The maximum Gasteiger partial charge on any atom is 0.327 e. The monoisotopic (exact) mass is 419 g/mol. The van der Waals surface area contributed by atoms with E-state index in [1.807, 2.05) is 42.5 Å². The summed E-state index contributed by atoms with van der Waals surface area (Å²) in [7, 11) is 2.20. The SMILES string of the molecule is CN1CC2(CCN(c3cccc4c3ncn4C(=O)NCCOc3ccccc3)CC2)C1.